The molecule has 1 aliphatic rings. The number of hydrogen-bond acceptors (Lipinski definition) is 4. The minimum Gasteiger partial charge on any atom is -0.251 e. The molecule has 2 rings (SSSR count). The van der Waals surface area contributed by atoms with Crippen LogP contribution in [0.15, 0.2) is 42.0 Å². The van der Waals surface area contributed by atoms with Crippen molar-refractivity contribution in [3.05, 3.63) is 47.5 Å². The van der Waals surface area contributed by atoms with Crippen molar-refractivity contribution in [2.24, 2.45) is 0 Å². The van der Waals surface area contributed by atoms with E-state index in [9.17, 15) is 0 Å². The first-order chi connectivity index (χ1) is 7.81. The molecule has 0 fully saturated rings. The van der Waals surface area contributed by atoms with Crippen molar-refractivity contribution in [3.63, 3.8) is 0 Å². The van der Waals surface area contributed by atoms with Gasteiger partial charge in [0.2, 0.25) is 0 Å². The van der Waals surface area contributed by atoms with Gasteiger partial charge >= 0.3 is 0 Å². The number of benzene rings is 1. The van der Waals surface area contributed by atoms with Gasteiger partial charge in [0.15, 0.2) is 0 Å². The Balaban J connectivity index is 2.18. The van der Waals surface area contributed by atoms with E-state index in [0.717, 1.165) is 11.1 Å². The summed E-state index contributed by atoms with van der Waals surface area (Å²) in [7, 11) is 0. The molecule has 0 saturated heterocycles. The fourth-order valence-corrected chi connectivity index (χ4v) is 1.56. The van der Waals surface area contributed by atoms with E-state index in [1.807, 2.05) is 36.4 Å². The van der Waals surface area contributed by atoms with E-state index in [4.69, 9.17) is 15.0 Å². The SMILES string of the molecule is CC(OO)C1=CC(c2ccccc2)OOC1. The lowest BCUT2D eigenvalue weighted by molar-refractivity contribution is -0.326. The third-order valence-electron chi connectivity index (χ3n) is 2.57. The molecule has 16 heavy (non-hydrogen) atoms. The van der Waals surface area contributed by atoms with E-state index >= 15 is 0 Å². The first-order valence-corrected chi connectivity index (χ1v) is 5.15. The van der Waals surface area contributed by atoms with Gasteiger partial charge in [-0.25, -0.2) is 14.7 Å². The quantitative estimate of drug-likeness (QED) is 0.485. The van der Waals surface area contributed by atoms with Crippen molar-refractivity contribution in [2.75, 3.05) is 6.61 Å². The van der Waals surface area contributed by atoms with Gasteiger partial charge in [0, 0.05) is 0 Å². The van der Waals surface area contributed by atoms with Gasteiger partial charge in [-0.05, 0) is 24.1 Å². The Hall–Kier alpha value is -1.20. The second-order valence-corrected chi connectivity index (χ2v) is 3.68. The first kappa shape index (κ1) is 11.3. The molecule has 4 heteroatoms. The maximum atomic E-state index is 8.61. The Bertz CT molecular complexity index is 361. The van der Waals surface area contributed by atoms with Crippen molar-refractivity contribution < 1.29 is 19.9 Å². The number of hydrogen-bond donors (Lipinski definition) is 1. The van der Waals surface area contributed by atoms with Crippen molar-refractivity contribution in [1.29, 1.82) is 0 Å². The number of rotatable bonds is 3. The standard InChI is InChI=1S/C12H14O4/c1-9(15-13)11-7-12(16-14-8-11)10-5-3-2-4-6-10/h2-7,9,12-13H,8H2,1H3. The molecule has 4 nitrogen and oxygen atoms in total. The van der Waals surface area contributed by atoms with Crippen LogP contribution in [0.4, 0.5) is 0 Å². The molecule has 0 amide bonds. The molecule has 1 aliphatic heterocycles. The van der Waals surface area contributed by atoms with Crippen LogP contribution in [0, 0.1) is 0 Å². The van der Waals surface area contributed by atoms with Gasteiger partial charge in [-0.2, -0.15) is 0 Å². The van der Waals surface area contributed by atoms with Gasteiger partial charge in [0.05, 0.1) is 0 Å². The molecule has 0 bridgehead atoms. The van der Waals surface area contributed by atoms with Crippen LogP contribution in [-0.4, -0.2) is 18.0 Å². The van der Waals surface area contributed by atoms with E-state index in [1.165, 1.54) is 0 Å². The second kappa shape index (κ2) is 5.23. The Morgan fingerprint density at radius 2 is 2.12 bits per heavy atom. The minimum absolute atomic E-state index is 0.248. The third-order valence-corrected chi connectivity index (χ3v) is 2.57. The van der Waals surface area contributed by atoms with Crippen LogP contribution in [0.5, 0.6) is 0 Å². The molecular weight excluding hydrogens is 208 g/mol. The molecule has 0 saturated carbocycles. The zero-order valence-corrected chi connectivity index (χ0v) is 9.00. The highest BCUT2D eigenvalue weighted by Gasteiger charge is 2.20. The van der Waals surface area contributed by atoms with E-state index < -0.39 is 0 Å². The Kier molecular flexibility index (Phi) is 3.69. The lowest BCUT2D eigenvalue weighted by Crippen LogP contribution is -2.20. The average molecular weight is 222 g/mol. The van der Waals surface area contributed by atoms with Gasteiger partial charge in [-0.15, -0.1) is 0 Å². The highest BCUT2D eigenvalue weighted by Crippen LogP contribution is 2.26. The molecule has 86 valence electrons. The Morgan fingerprint density at radius 1 is 1.38 bits per heavy atom. The van der Waals surface area contributed by atoms with Gasteiger partial charge in [0.25, 0.3) is 0 Å². The van der Waals surface area contributed by atoms with Crippen LogP contribution < -0.4 is 0 Å². The summed E-state index contributed by atoms with van der Waals surface area (Å²) in [4.78, 5) is 14.5. The summed E-state index contributed by atoms with van der Waals surface area (Å²) in [6.45, 7) is 2.06. The average Bonchev–Trinajstić information content (AvgIpc) is 2.39. The molecule has 2 atom stereocenters. The monoisotopic (exact) mass is 222 g/mol. The molecule has 0 spiro atoms. The fourth-order valence-electron chi connectivity index (χ4n) is 1.56. The van der Waals surface area contributed by atoms with Crippen LogP contribution in [-0.2, 0) is 14.7 Å². The van der Waals surface area contributed by atoms with Gasteiger partial charge in [0.1, 0.15) is 18.8 Å². The summed E-state index contributed by atoms with van der Waals surface area (Å²) in [5.74, 6) is 0. The van der Waals surface area contributed by atoms with Gasteiger partial charge in [-0.1, -0.05) is 30.3 Å². The molecule has 1 aromatic rings. The largest absolute Gasteiger partial charge is 0.251 e. The predicted octanol–water partition coefficient (Wildman–Crippen LogP) is 2.49. The summed E-state index contributed by atoms with van der Waals surface area (Å²) in [6.07, 6.45) is 1.28. The zero-order chi connectivity index (χ0) is 11.4. The molecule has 1 aromatic carbocycles. The summed E-state index contributed by atoms with van der Waals surface area (Å²) in [5, 5.41) is 8.61. The summed E-state index contributed by atoms with van der Waals surface area (Å²) >= 11 is 0. The third kappa shape index (κ3) is 2.48. The second-order valence-electron chi connectivity index (χ2n) is 3.68. The highest BCUT2D eigenvalue weighted by molar-refractivity contribution is 5.24. The molecule has 0 aliphatic carbocycles. The van der Waals surface area contributed by atoms with E-state index in [1.54, 1.807) is 6.92 Å². The Morgan fingerprint density at radius 3 is 2.81 bits per heavy atom. The van der Waals surface area contributed by atoms with E-state index in [0.29, 0.717) is 6.61 Å². The fraction of sp³-hybridized carbons (Fsp3) is 0.333. The minimum atomic E-state index is -0.380. The summed E-state index contributed by atoms with van der Waals surface area (Å²) in [5.41, 5.74) is 1.87. The molecule has 0 radical (unpaired) electrons. The maximum Gasteiger partial charge on any atom is 0.137 e. The zero-order valence-electron chi connectivity index (χ0n) is 9.00. The first-order valence-electron chi connectivity index (χ1n) is 5.15. The lowest BCUT2D eigenvalue weighted by atomic mass is 10.0. The van der Waals surface area contributed by atoms with Gasteiger partial charge < -0.3 is 0 Å². The highest BCUT2D eigenvalue weighted by atomic mass is 17.2. The van der Waals surface area contributed by atoms with E-state index in [-0.39, 0.29) is 12.2 Å². The normalized spacial score (nSPS) is 22.6. The van der Waals surface area contributed by atoms with Crippen LogP contribution >= 0.6 is 0 Å². The maximum absolute atomic E-state index is 8.61. The summed E-state index contributed by atoms with van der Waals surface area (Å²) < 4.78 is 0. The Labute approximate surface area is 93.9 Å². The molecule has 1 heterocycles. The van der Waals surface area contributed by atoms with E-state index in [2.05, 4.69) is 4.89 Å². The predicted molar refractivity (Wildman–Crippen MR) is 57.5 cm³/mol. The molecule has 1 N–H and O–H groups in total. The van der Waals surface area contributed by atoms with Crippen LogP contribution in [0.2, 0.25) is 0 Å². The smallest absolute Gasteiger partial charge is 0.137 e. The van der Waals surface area contributed by atoms with Crippen LogP contribution in [0.25, 0.3) is 0 Å². The topological polar surface area (TPSA) is 47.9 Å². The molecule has 0 aromatic heterocycles. The van der Waals surface area contributed by atoms with Crippen molar-refractivity contribution >= 4 is 0 Å². The van der Waals surface area contributed by atoms with Gasteiger partial charge in [-0.3, -0.25) is 5.26 Å². The molecule has 2 unspecified atom stereocenters. The summed E-state index contributed by atoms with van der Waals surface area (Å²) in [6, 6.07) is 9.73. The van der Waals surface area contributed by atoms with Crippen LogP contribution in [0.3, 0.4) is 0 Å². The van der Waals surface area contributed by atoms with Crippen molar-refractivity contribution in [2.45, 2.75) is 19.1 Å². The molecular formula is C12H14O4. The van der Waals surface area contributed by atoms with Crippen molar-refractivity contribution in [1.82, 2.24) is 0 Å². The van der Waals surface area contributed by atoms with Crippen molar-refractivity contribution in [3.8, 4) is 0 Å². The lowest BCUT2D eigenvalue weighted by Gasteiger charge is -2.23. The van der Waals surface area contributed by atoms with Crippen LogP contribution in [0.1, 0.15) is 18.6 Å².